The Morgan fingerprint density at radius 1 is 0.886 bits per heavy atom. The van der Waals surface area contributed by atoms with Crippen molar-refractivity contribution in [3.63, 3.8) is 0 Å². The van der Waals surface area contributed by atoms with Crippen LogP contribution in [0.5, 0.6) is 17.2 Å². The number of amides is 1. The van der Waals surface area contributed by atoms with E-state index in [-0.39, 0.29) is 34.7 Å². The Hall–Kier alpha value is -5.31. The summed E-state index contributed by atoms with van der Waals surface area (Å²) in [4.78, 5) is 42.1. The Bertz CT molecular complexity index is 1920. The lowest BCUT2D eigenvalue weighted by Crippen LogP contribution is -2.38. The fourth-order valence-corrected chi connectivity index (χ4v) is 6.22. The number of hydrogen-bond acceptors (Lipinski definition) is 8. The average Bonchev–Trinajstić information content (AvgIpc) is 3.04. The maximum Gasteiger partial charge on any atom is 0.254 e. The monoisotopic (exact) mass is 592 g/mol. The Morgan fingerprint density at radius 2 is 1.61 bits per heavy atom. The molecule has 9 nitrogen and oxygen atoms in total. The molecule has 4 aromatic rings. The summed E-state index contributed by atoms with van der Waals surface area (Å²) < 4.78 is 22.2. The van der Waals surface area contributed by atoms with E-state index in [0.29, 0.717) is 57.3 Å². The van der Waals surface area contributed by atoms with Gasteiger partial charge in [0.1, 0.15) is 11.3 Å². The predicted molar refractivity (Wildman–Crippen MR) is 166 cm³/mol. The van der Waals surface area contributed by atoms with Gasteiger partial charge < -0.3 is 29.3 Å². The number of allylic oxidation sites excluding steroid dienone is 3. The molecular weight excluding hydrogens is 560 g/mol. The van der Waals surface area contributed by atoms with Crippen LogP contribution in [0.15, 0.2) is 105 Å². The van der Waals surface area contributed by atoms with Crippen LogP contribution in [0.4, 0.5) is 5.69 Å². The van der Waals surface area contributed by atoms with E-state index >= 15 is 0 Å². The Morgan fingerprint density at radius 3 is 2.39 bits per heavy atom. The quantitative estimate of drug-likeness (QED) is 0.276. The summed E-state index contributed by atoms with van der Waals surface area (Å²) in [5, 5.41) is 6.67. The summed E-state index contributed by atoms with van der Waals surface area (Å²) in [5.41, 5.74) is 3.60. The molecule has 6 rings (SSSR count). The maximum atomic E-state index is 14.1. The second-order valence-corrected chi connectivity index (χ2v) is 10.8. The third-order valence-corrected chi connectivity index (χ3v) is 8.32. The summed E-state index contributed by atoms with van der Waals surface area (Å²) in [5.74, 6) is -0.0613. The molecule has 2 atom stereocenters. The molecule has 44 heavy (non-hydrogen) atoms. The van der Waals surface area contributed by atoms with E-state index in [1.54, 1.807) is 69.7 Å². The zero-order valence-electron chi connectivity index (χ0n) is 24.9. The number of carbonyl (C=O) groups excluding carboxylic acids is 2. The van der Waals surface area contributed by atoms with Gasteiger partial charge in [-0.1, -0.05) is 30.3 Å². The number of carbonyl (C=O) groups is 2. The number of para-hydroxylation sites is 3. The summed E-state index contributed by atoms with van der Waals surface area (Å²) >= 11 is 0. The number of hydrogen-bond donors (Lipinski definition) is 2. The average molecular weight is 593 g/mol. The van der Waals surface area contributed by atoms with Crippen molar-refractivity contribution in [3.05, 3.63) is 117 Å². The molecule has 1 aliphatic carbocycles. The highest BCUT2D eigenvalue weighted by molar-refractivity contribution is 6.10. The molecule has 3 aromatic carbocycles. The van der Waals surface area contributed by atoms with Crippen LogP contribution in [0.25, 0.3) is 11.0 Å². The molecule has 2 heterocycles. The van der Waals surface area contributed by atoms with E-state index in [1.165, 1.54) is 13.4 Å². The van der Waals surface area contributed by atoms with Gasteiger partial charge in [0.25, 0.3) is 5.91 Å². The largest absolute Gasteiger partial charge is 0.495 e. The number of anilines is 1. The molecule has 0 saturated carbocycles. The van der Waals surface area contributed by atoms with Gasteiger partial charge >= 0.3 is 0 Å². The molecule has 2 N–H and O–H groups in total. The van der Waals surface area contributed by atoms with Gasteiger partial charge in [0.2, 0.25) is 0 Å². The fraction of sp³-hybridized carbons (Fsp3) is 0.229. The van der Waals surface area contributed by atoms with Crippen LogP contribution in [-0.4, -0.2) is 33.0 Å². The van der Waals surface area contributed by atoms with Crippen LogP contribution in [0, 0.1) is 0 Å². The molecular formula is C35H32N2O7. The van der Waals surface area contributed by atoms with Crippen LogP contribution in [0.2, 0.25) is 0 Å². The molecule has 1 aromatic heterocycles. The maximum absolute atomic E-state index is 14.1. The molecule has 2 aliphatic rings. The van der Waals surface area contributed by atoms with Crippen LogP contribution < -0.4 is 30.3 Å². The van der Waals surface area contributed by atoms with Gasteiger partial charge in [-0.2, -0.15) is 0 Å². The van der Waals surface area contributed by atoms with Crippen molar-refractivity contribution in [1.29, 1.82) is 0 Å². The van der Waals surface area contributed by atoms with Crippen molar-refractivity contribution in [2.75, 3.05) is 26.6 Å². The normalized spacial score (nSPS) is 18.0. The smallest absolute Gasteiger partial charge is 0.254 e. The highest BCUT2D eigenvalue weighted by Crippen LogP contribution is 2.46. The lowest BCUT2D eigenvalue weighted by atomic mass is 9.71. The molecule has 9 heteroatoms. The Kier molecular flexibility index (Phi) is 7.69. The van der Waals surface area contributed by atoms with Crippen LogP contribution in [0.3, 0.4) is 0 Å². The van der Waals surface area contributed by atoms with Crippen LogP contribution in [-0.2, 0) is 9.59 Å². The molecule has 0 bridgehead atoms. The van der Waals surface area contributed by atoms with E-state index in [2.05, 4.69) is 10.6 Å². The number of benzene rings is 3. The number of fused-ring (bicyclic) bond motifs is 1. The topological polar surface area (TPSA) is 116 Å². The number of Topliss-reactive ketones (excluding diaryl/α,β-unsaturated/α-hetero) is 1. The van der Waals surface area contributed by atoms with Gasteiger partial charge in [0.15, 0.2) is 22.7 Å². The van der Waals surface area contributed by atoms with E-state index < -0.39 is 11.8 Å². The summed E-state index contributed by atoms with van der Waals surface area (Å²) in [6, 6.07) is 19.6. The zero-order valence-corrected chi connectivity index (χ0v) is 24.9. The molecule has 0 unspecified atom stereocenters. The first-order valence-electron chi connectivity index (χ1n) is 14.2. The lowest BCUT2D eigenvalue weighted by Gasteiger charge is -2.36. The van der Waals surface area contributed by atoms with Crippen LogP contribution in [0.1, 0.15) is 42.7 Å². The first-order valence-corrected chi connectivity index (χ1v) is 14.2. The van der Waals surface area contributed by atoms with E-state index in [0.717, 1.165) is 5.56 Å². The van der Waals surface area contributed by atoms with Crippen molar-refractivity contribution in [1.82, 2.24) is 5.32 Å². The SMILES string of the molecule is COc1ccccc1NC(=O)C1=C(C)NC2=C(C(=O)C[C@H](c3ccc(OC)c(OC)c3)C2)[C@@H]1c1coc2ccccc2c1=O. The van der Waals surface area contributed by atoms with Gasteiger partial charge in [-0.25, -0.2) is 0 Å². The Labute approximate surface area is 254 Å². The third-order valence-electron chi connectivity index (χ3n) is 8.32. The lowest BCUT2D eigenvalue weighted by molar-refractivity contribution is -0.116. The predicted octanol–water partition coefficient (Wildman–Crippen LogP) is 5.82. The van der Waals surface area contributed by atoms with E-state index in [9.17, 15) is 14.4 Å². The van der Waals surface area contributed by atoms with Crippen LogP contribution >= 0.6 is 0 Å². The molecule has 224 valence electrons. The van der Waals surface area contributed by atoms with Gasteiger partial charge in [0, 0.05) is 34.5 Å². The first-order chi connectivity index (χ1) is 21.3. The summed E-state index contributed by atoms with van der Waals surface area (Å²) in [7, 11) is 4.67. The standard InChI is InChI=1S/C35H32N2O7/c1-19-31(35(40)37-24-10-6-8-12-28(24)41-2)32(23-18-44-27-11-7-5-9-22(27)34(23)39)33-25(36-19)15-21(16-26(33)38)20-13-14-29(42-3)30(17-20)43-4/h5-14,17-18,21,32,36H,15-16H2,1-4H3,(H,37,40)/t21-,32-/m1/s1. The zero-order chi connectivity index (χ0) is 31.0. The number of dihydropyridines is 1. The number of nitrogens with one attached hydrogen (secondary N) is 2. The number of ketones is 1. The molecule has 0 fully saturated rings. The highest BCUT2D eigenvalue weighted by atomic mass is 16.5. The minimum Gasteiger partial charge on any atom is -0.495 e. The van der Waals surface area contributed by atoms with E-state index in [4.69, 9.17) is 18.6 Å². The van der Waals surface area contributed by atoms with Crippen molar-refractivity contribution < 1.29 is 28.2 Å². The van der Waals surface area contributed by atoms with Crippen molar-refractivity contribution in [2.45, 2.75) is 31.6 Å². The molecule has 0 spiro atoms. The second kappa shape index (κ2) is 11.8. The highest BCUT2D eigenvalue weighted by Gasteiger charge is 2.42. The third kappa shape index (κ3) is 5.00. The van der Waals surface area contributed by atoms with Crippen molar-refractivity contribution in [2.24, 2.45) is 0 Å². The molecule has 0 radical (unpaired) electrons. The van der Waals surface area contributed by atoms with Gasteiger partial charge in [0.05, 0.1) is 44.6 Å². The van der Waals surface area contributed by atoms with E-state index in [1.807, 2.05) is 18.2 Å². The number of rotatable bonds is 7. The van der Waals surface area contributed by atoms with Gasteiger partial charge in [-0.15, -0.1) is 0 Å². The molecule has 0 saturated heterocycles. The minimum absolute atomic E-state index is 0.154. The molecule has 1 aliphatic heterocycles. The van der Waals surface area contributed by atoms with Crippen molar-refractivity contribution >= 4 is 28.3 Å². The van der Waals surface area contributed by atoms with Gasteiger partial charge in [-0.05, 0) is 61.2 Å². The summed E-state index contributed by atoms with van der Waals surface area (Å²) in [6.45, 7) is 1.78. The first kappa shape index (κ1) is 28.8. The number of methoxy groups -OCH3 is 3. The Balaban J connectivity index is 1.47. The fourth-order valence-electron chi connectivity index (χ4n) is 6.22. The summed E-state index contributed by atoms with van der Waals surface area (Å²) in [6.07, 6.45) is 2.05. The molecule has 1 amide bonds. The number of ether oxygens (including phenoxy) is 3. The van der Waals surface area contributed by atoms with Crippen molar-refractivity contribution in [3.8, 4) is 17.2 Å². The van der Waals surface area contributed by atoms with Gasteiger partial charge in [-0.3, -0.25) is 14.4 Å². The second-order valence-electron chi connectivity index (χ2n) is 10.8. The minimum atomic E-state index is -0.944.